The largest absolute Gasteiger partial charge is 0.494 e. The SMILES string of the molecule is CCCOCCCCC(=O)c1ccc(-c2csc(N3N=C(C)C(=NCc4ccccc4OCC)C3=O)n2)cc1. The van der Waals surface area contributed by atoms with Crippen molar-refractivity contribution in [2.45, 2.75) is 53.0 Å². The molecule has 3 aromatic rings. The van der Waals surface area contributed by atoms with Gasteiger partial charge in [-0.3, -0.25) is 14.6 Å². The first kappa shape index (κ1) is 28.3. The number of amides is 1. The minimum Gasteiger partial charge on any atom is -0.494 e. The molecule has 2 heterocycles. The van der Waals surface area contributed by atoms with E-state index in [2.05, 4.69) is 22.0 Å². The highest BCUT2D eigenvalue weighted by molar-refractivity contribution is 7.14. The number of hydrogen-bond donors (Lipinski definition) is 0. The number of ether oxygens (including phenoxy) is 2. The molecule has 0 bridgehead atoms. The molecule has 2 aromatic carbocycles. The van der Waals surface area contributed by atoms with Gasteiger partial charge < -0.3 is 9.47 Å². The maximum Gasteiger partial charge on any atom is 0.300 e. The summed E-state index contributed by atoms with van der Waals surface area (Å²) in [6.07, 6.45) is 3.21. The summed E-state index contributed by atoms with van der Waals surface area (Å²) < 4.78 is 11.1. The van der Waals surface area contributed by atoms with Crippen LogP contribution in [0.25, 0.3) is 11.3 Å². The predicted octanol–water partition coefficient (Wildman–Crippen LogP) is 6.35. The number of aromatic nitrogens is 1. The normalized spacial score (nSPS) is 14.2. The molecule has 8 nitrogen and oxygen atoms in total. The van der Waals surface area contributed by atoms with Crippen molar-refractivity contribution in [3.8, 4) is 17.0 Å². The number of nitrogens with zero attached hydrogens (tertiary/aromatic N) is 4. The molecular formula is C30H34N4O4S. The van der Waals surface area contributed by atoms with Crippen molar-refractivity contribution in [2.75, 3.05) is 24.8 Å². The van der Waals surface area contributed by atoms with Crippen LogP contribution in [0.3, 0.4) is 0 Å². The Morgan fingerprint density at radius 2 is 1.85 bits per heavy atom. The number of thiazole rings is 1. The molecule has 0 unspecified atom stereocenters. The lowest BCUT2D eigenvalue weighted by atomic mass is 10.0. The molecule has 9 heteroatoms. The maximum absolute atomic E-state index is 13.1. The molecule has 1 aliphatic heterocycles. The average Bonchev–Trinajstić information content (AvgIpc) is 3.54. The Labute approximate surface area is 233 Å². The summed E-state index contributed by atoms with van der Waals surface area (Å²) in [7, 11) is 0. The fourth-order valence-electron chi connectivity index (χ4n) is 4.11. The second-order valence-corrected chi connectivity index (χ2v) is 9.93. The standard InChI is InChI=1S/C30H34N4O4S/c1-4-17-37-18-9-8-11-26(35)23-15-13-22(14-16-23)25-20-39-30(32-25)34-29(36)28(21(3)33-34)31-19-24-10-6-7-12-27(24)38-5-2/h6-7,10,12-16,20H,4-5,8-9,11,17-19H2,1-3H3. The molecule has 0 aliphatic carbocycles. The fourth-order valence-corrected chi connectivity index (χ4v) is 4.89. The Bertz CT molecular complexity index is 1350. The van der Waals surface area contributed by atoms with Crippen LogP contribution in [0.2, 0.25) is 0 Å². The molecule has 1 aromatic heterocycles. The lowest BCUT2D eigenvalue weighted by molar-refractivity contribution is -0.112. The van der Waals surface area contributed by atoms with Crippen LogP contribution in [0.15, 0.2) is 64.0 Å². The third-order valence-electron chi connectivity index (χ3n) is 6.13. The van der Waals surface area contributed by atoms with Crippen LogP contribution in [0.4, 0.5) is 5.13 Å². The first-order valence-electron chi connectivity index (χ1n) is 13.3. The van der Waals surface area contributed by atoms with Crippen LogP contribution in [0.1, 0.15) is 62.4 Å². The number of Topliss-reactive ketones (excluding diaryl/α,β-unsaturated/α-hetero) is 1. The summed E-state index contributed by atoms with van der Waals surface area (Å²) in [4.78, 5) is 34.9. The quantitative estimate of drug-likeness (QED) is 0.173. The van der Waals surface area contributed by atoms with Crippen molar-refractivity contribution in [3.63, 3.8) is 0 Å². The van der Waals surface area contributed by atoms with Crippen LogP contribution in [-0.4, -0.2) is 47.9 Å². The zero-order valence-corrected chi connectivity index (χ0v) is 23.5. The second-order valence-electron chi connectivity index (χ2n) is 9.09. The zero-order chi connectivity index (χ0) is 27.6. The van der Waals surface area contributed by atoms with Crippen molar-refractivity contribution in [1.29, 1.82) is 0 Å². The fraction of sp³-hybridized carbons (Fsp3) is 0.367. The lowest BCUT2D eigenvalue weighted by Gasteiger charge is -2.08. The van der Waals surface area contributed by atoms with Gasteiger partial charge in [-0.25, -0.2) is 4.98 Å². The minimum absolute atomic E-state index is 0.124. The summed E-state index contributed by atoms with van der Waals surface area (Å²) in [5.41, 5.74) is 4.05. The van der Waals surface area contributed by atoms with Crippen molar-refractivity contribution in [2.24, 2.45) is 10.1 Å². The van der Waals surface area contributed by atoms with Gasteiger partial charge in [-0.15, -0.1) is 11.3 Å². The molecule has 204 valence electrons. The number of hydrazone groups is 1. The van der Waals surface area contributed by atoms with Gasteiger partial charge in [-0.2, -0.15) is 10.1 Å². The summed E-state index contributed by atoms with van der Waals surface area (Å²) in [5, 5.41) is 8.08. The van der Waals surface area contributed by atoms with Gasteiger partial charge in [0.2, 0.25) is 5.13 Å². The molecule has 0 saturated heterocycles. The number of carbonyl (C=O) groups is 2. The van der Waals surface area contributed by atoms with Crippen LogP contribution in [-0.2, 0) is 16.1 Å². The first-order valence-corrected chi connectivity index (χ1v) is 14.2. The third kappa shape index (κ3) is 7.25. The Balaban J connectivity index is 1.37. The molecule has 0 atom stereocenters. The van der Waals surface area contributed by atoms with Crippen molar-refractivity contribution >= 4 is 39.6 Å². The Kier molecular flexibility index (Phi) is 10.1. The molecule has 0 radical (unpaired) electrons. The molecule has 0 saturated carbocycles. The van der Waals surface area contributed by atoms with Gasteiger partial charge in [0.15, 0.2) is 5.78 Å². The van der Waals surface area contributed by atoms with E-state index < -0.39 is 0 Å². The monoisotopic (exact) mass is 546 g/mol. The number of benzene rings is 2. The number of rotatable bonds is 14. The molecule has 0 spiro atoms. The highest BCUT2D eigenvalue weighted by atomic mass is 32.1. The Morgan fingerprint density at radius 1 is 1.05 bits per heavy atom. The number of carbonyl (C=O) groups excluding carboxylic acids is 2. The number of unbranched alkanes of at least 4 members (excludes halogenated alkanes) is 1. The molecule has 4 rings (SSSR count). The van der Waals surface area contributed by atoms with Crippen LogP contribution in [0.5, 0.6) is 5.75 Å². The first-order chi connectivity index (χ1) is 19.0. The summed E-state index contributed by atoms with van der Waals surface area (Å²) in [6, 6.07) is 15.1. The average molecular weight is 547 g/mol. The van der Waals surface area contributed by atoms with Gasteiger partial charge >= 0.3 is 5.91 Å². The van der Waals surface area contributed by atoms with E-state index in [0.717, 1.165) is 48.4 Å². The van der Waals surface area contributed by atoms with E-state index >= 15 is 0 Å². The van der Waals surface area contributed by atoms with Gasteiger partial charge in [0.25, 0.3) is 0 Å². The van der Waals surface area contributed by atoms with E-state index in [1.165, 1.54) is 16.3 Å². The van der Waals surface area contributed by atoms with Gasteiger partial charge in [0.05, 0.1) is 24.6 Å². The van der Waals surface area contributed by atoms with Gasteiger partial charge in [-0.1, -0.05) is 49.4 Å². The second kappa shape index (κ2) is 13.9. The third-order valence-corrected chi connectivity index (χ3v) is 6.95. The highest BCUT2D eigenvalue weighted by Crippen LogP contribution is 2.30. The van der Waals surface area contributed by atoms with Crippen LogP contribution in [0, 0.1) is 0 Å². The van der Waals surface area contributed by atoms with E-state index in [9.17, 15) is 9.59 Å². The molecule has 39 heavy (non-hydrogen) atoms. The minimum atomic E-state index is -0.302. The van der Waals surface area contributed by atoms with E-state index in [1.54, 1.807) is 6.92 Å². The van der Waals surface area contributed by atoms with E-state index in [0.29, 0.717) is 48.3 Å². The molecule has 1 amide bonds. The summed E-state index contributed by atoms with van der Waals surface area (Å²) >= 11 is 1.34. The smallest absolute Gasteiger partial charge is 0.300 e. The number of anilines is 1. The lowest BCUT2D eigenvalue weighted by Crippen LogP contribution is -2.27. The topological polar surface area (TPSA) is 93.5 Å². The number of para-hydroxylation sites is 1. The Hall–Kier alpha value is -3.69. The zero-order valence-electron chi connectivity index (χ0n) is 22.7. The van der Waals surface area contributed by atoms with E-state index in [1.807, 2.05) is 60.8 Å². The maximum atomic E-state index is 13.1. The van der Waals surface area contributed by atoms with Crippen LogP contribution < -0.4 is 9.75 Å². The number of aliphatic imine (C=N–C) groups is 1. The van der Waals surface area contributed by atoms with Gasteiger partial charge in [0.1, 0.15) is 11.5 Å². The van der Waals surface area contributed by atoms with Crippen molar-refractivity contribution < 1.29 is 19.1 Å². The Morgan fingerprint density at radius 3 is 2.62 bits per heavy atom. The highest BCUT2D eigenvalue weighted by Gasteiger charge is 2.32. The van der Waals surface area contributed by atoms with Crippen molar-refractivity contribution in [3.05, 3.63) is 65.0 Å². The van der Waals surface area contributed by atoms with Crippen LogP contribution >= 0.6 is 11.3 Å². The molecule has 1 aliphatic rings. The van der Waals surface area contributed by atoms with Gasteiger partial charge in [0, 0.05) is 41.7 Å². The molecular weight excluding hydrogens is 512 g/mol. The number of ketones is 1. The summed E-state index contributed by atoms with van der Waals surface area (Å²) in [5.74, 6) is 0.582. The molecule has 0 N–H and O–H groups in total. The van der Waals surface area contributed by atoms with Crippen molar-refractivity contribution in [1.82, 2.24) is 4.98 Å². The predicted molar refractivity (Wildman–Crippen MR) is 156 cm³/mol. The number of hydrogen-bond acceptors (Lipinski definition) is 8. The van der Waals surface area contributed by atoms with E-state index in [4.69, 9.17) is 9.47 Å². The molecule has 0 fully saturated rings. The van der Waals surface area contributed by atoms with Gasteiger partial charge in [-0.05, 0) is 39.2 Å². The summed E-state index contributed by atoms with van der Waals surface area (Å²) in [6.45, 7) is 8.13. The van der Waals surface area contributed by atoms with E-state index in [-0.39, 0.29) is 11.7 Å².